The summed E-state index contributed by atoms with van der Waals surface area (Å²) in [7, 11) is 0. The quantitative estimate of drug-likeness (QED) is 0.478. The van der Waals surface area contributed by atoms with E-state index in [0.717, 1.165) is 26.4 Å². The smallest absolute Gasteiger partial charge is 0.267 e. The van der Waals surface area contributed by atoms with Crippen molar-refractivity contribution in [3.63, 3.8) is 0 Å². The molecule has 0 fully saturated rings. The number of fused-ring (bicyclic) bond motifs is 1. The molecule has 2 aromatic carbocycles. The van der Waals surface area contributed by atoms with Crippen molar-refractivity contribution in [1.82, 2.24) is 9.66 Å². The fraction of sp³-hybridized carbons (Fsp3) is 0.136. The average molecular weight is 373 g/mol. The van der Waals surface area contributed by atoms with Gasteiger partial charge in [0, 0.05) is 4.88 Å². The van der Waals surface area contributed by atoms with E-state index in [-0.39, 0.29) is 5.56 Å². The Bertz CT molecular complexity index is 1200. The van der Waals surface area contributed by atoms with E-state index < -0.39 is 0 Å². The van der Waals surface area contributed by atoms with Crippen molar-refractivity contribution in [3.05, 3.63) is 86.8 Å². The summed E-state index contributed by atoms with van der Waals surface area (Å²) in [5.41, 5.74) is 4.12. The zero-order valence-corrected chi connectivity index (χ0v) is 16.2. The number of aromatic nitrogens is 2. The molecule has 0 saturated heterocycles. The van der Waals surface area contributed by atoms with Crippen molar-refractivity contribution in [2.75, 3.05) is 0 Å². The highest BCUT2D eigenvalue weighted by atomic mass is 32.1. The van der Waals surface area contributed by atoms with Crippen LogP contribution in [0.4, 0.5) is 0 Å². The third-order valence-electron chi connectivity index (χ3n) is 4.68. The van der Waals surface area contributed by atoms with Crippen LogP contribution in [-0.4, -0.2) is 15.9 Å². The van der Waals surface area contributed by atoms with E-state index in [0.29, 0.717) is 11.2 Å². The number of benzene rings is 2. The van der Waals surface area contributed by atoms with E-state index in [2.05, 4.69) is 34.4 Å². The van der Waals surface area contributed by atoms with Crippen molar-refractivity contribution in [3.8, 4) is 11.1 Å². The molecule has 0 amide bonds. The van der Waals surface area contributed by atoms with Crippen LogP contribution < -0.4 is 5.56 Å². The number of nitrogens with zero attached hydrogens (tertiary/aromatic N) is 3. The molecular weight excluding hydrogens is 354 g/mol. The summed E-state index contributed by atoms with van der Waals surface area (Å²) < 4.78 is 1.38. The number of hydrogen-bond donors (Lipinski definition) is 0. The molecule has 0 N–H and O–H groups in total. The average Bonchev–Trinajstić information content (AvgIpc) is 2.96. The van der Waals surface area contributed by atoms with Gasteiger partial charge in [-0.25, -0.2) is 4.98 Å². The Labute approximate surface area is 161 Å². The third-order valence-corrected chi connectivity index (χ3v) is 5.78. The fourth-order valence-electron chi connectivity index (χ4n) is 3.04. The molecule has 27 heavy (non-hydrogen) atoms. The first-order valence-electron chi connectivity index (χ1n) is 8.74. The summed E-state index contributed by atoms with van der Waals surface area (Å²) in [5, 5.41) is 5.07. The topological polar surface area (TPSA) is 47.2 Å². The molecule has 0 aliphatic carbocycles. The summed E-state index contributed by atoms with van der Waals surface area (Å²) in [4.78, 5) is 19.3. The maximum atomic E-state index is 12.9. The van der Waals surface area contributed by atoms with Crippen molar-refractivity contribution >= 4 is 27.8 Å². The molecule has 4 rings (SSSR count). The zero-order valence-electron chi connectivity index (χ0n) is 15.4. The lowest BCUT2D eigenvalue weighted by Crippen LogP contribution is -2.20. The maximum absolute atomic E-state index is 12.9. The van der Waals surface area contributed by atoms with Crippen LogP contribution in [0.1, 0.15) is 21.8 Å². The predicted octanol–water partition coefficient (Wildman–Crippen LogP) is 4.93. The maximum Gasteiger partial charge on any atom is 0.283 e. The minimum Gasteiger partial charge on any atom is -0.267 e. The molecule has 2 aromatic heterocycles. The van der Waals surface area contributed by atoms with E-state index >= 15 is 0 Å². The molecule has 0 bridgehead atoms. The van der Waals surface area contributed by atoms with Crippen molar-refractivity contribution < 1.29 is 0 Å². The van der Waals surface area contributed by atoms with Crippen LogP contribution in [0.3, 0.4) is 0 Å². The monoisotopic (exact) mass is 373 g/mol. The van der Waals surface area contributed by atoms with Gasteiger partial charge in [-0.15, -0.1) is 11.3 Å². The largest absolute Gasteiger partial charge is 0.283 e. The Hall–Kier alpha value is -3.05. The van der Waals surface area contributed by atoms with Crippen LogP contribution in [0.15, 0.2) is 64.5 Å². The van der Waals surface area contributed by atoms with Gasteiger partial charge >= 0.3 is 0 Å². The van der Waals surface area contributed by atoms with Gasteiger partial charge in [-0.2, -0.15) is 9.78 Å². The Morgan fingerprint density at radius 3 is 2.33 bits per heavy atom. The summed E-state index contributed by atoms with van der Waals surface area (Å²) in [6, 6.07) is 18.3. The van der Waals surface area contributed by atoms with Gasteiger partial charge in [-0.3, -0.25) is 4.79 Å². The number of thiophene rings is 1. The second-order valence-corrected chi connectivity index (χ2v) is 7.68. The van der Waals surface area contributed by atoms with Gasteiger partial charge in [-0.05, 0) is 43.0 Å². The van der Waals surface area contributed by atoms with Gasteiger partial charge in [-0.1, -0.05) is 54.6 Å². The second-order valence-electron chi connectivity index (χ2n) is 6.47. The SMILES string of the molecule is Cc1sc2nc(C)n(/N=C/c3ccc(-c4ccccc4)cc3)c(=O)c2c1C. The molecule has 4 nitrogen and oxygen atoms in total. The lowest BCUT2D eigenvalue weighted by Gasteiger charge is -2.04. The zero-order chi connectivity index (χ0) is 19.0. The molecule has 0 unspecified atom stereocenters. The first kappa shape index (κ1) is 17.4. The Morgan fingerprint density at radius 1 is 0.963 bits per heavy atom. The molecule has 0 aliphatic heterocycles. The van der Waals surface area contributed by atoms with Gasteiger partial charge in [0.1, 0.15) is 10.7 Å². The normalized spacial score (nSPS) is 11.5. The third kappa shape index (κ3) is 3.22. The van der Waals surface area contributed by atoms with Gasteiger partial charge in [0.15, 0.2) is 0 Å². The minimum absolute atomic E-state index is 0.114. The highest BCUT2D eigenvalue weighted by Crippen LogP contribution is 2.26. The van der Waals surface area contributed by atoms with Crippen molar-refractivity contribution in [2.24, 2.45) is 5.10 Å². The van der Waals surface area contributed by atoms with E-state index in [4.69, 9.17) is 0 Å². The Balaban J connectivity index is 1.69. The second kappa shape index (κ2) is 6.93. The summed E-state index contributed by atoms with van der Waals surface area (Å²) in [6.45, 7) is 5.78. The highest BCUT2D eigenvalue weighted by Gasteiger charge is 2.14. The van der Waals surface area contributed by atoms with Gasteiger partial charge in [0.25, 0.3) is 5.56 Å². The van der Waals surface area contributed by atoms with E-state index in [1.807, 2.05) is 44.2 Å². The van der Waals surface area contributed by atoms with E-state index in [9.17, 15) is 4.79 Å². The molecule has 134 valence electrons. The molecule has 0 aliphatic rings. The molecule has 0 atom stereocenters. The molecule has 0 spiro atoms. The summed E-state index contributed by atoms with van der Waals surface area (Å²) in [5.74, 6) is 0.589. The van der Waals surface area contributed by atoms with E-state index in [1.54, 1.807) is 24.5 Å². The molecule has 0 saturated carbocycles. The number of rotatable bonds is 3. The first-order valence-corrected chi connectivity index (χ1v) is 9.55. The van der Waals surface area contributed by atoms with Gasteiger partial charge in [0.05, 0.1) is 11.6 Å². The standard InChI is InChI=1S/C22H19N3OS/c1-14-15(2)27-21-20(14)22(26)25(16(3)24-21)23-13-17-9-11-19(12-10-17)18-7-5-4-6-8-18/h4-13H,1-3H3/b23-13+. The molecule has 2 heterocycles. The van der Waals surface area contributed by atoms with Crippen molar-refractivity contribution in [2.45, 2.75) is 20.8 Å². The van der Waals surface area contributed by atoms with Crippen LogP contribution in [0, 0.1) is 20.8 Å². The Morgan fingerprint density at radius 2 is 1.63 bits per heavy atom. The number of hydrogen-bond acceptors (Lipinski definition) is 4. The van der Waals surface area contributed by atoms with Gasteiger partial charge in [0.2, 0.25) is 0 Å². The Kier molecular flexibility index (Phi) is 4.46. The lowest BCUT2D eigenvalue weighted by atomic mass is 10.0. The fourth-order valence-corrected chi connectivity index (χ4v) is 4.10. The van der Waals surface area contributed by atoms with Crippen LogP contribution in [-0.2, 0) is 0 Å². The van der Waals surface area contributed by atoms with Crippen LogP contribution in [0.25, 0.3) is 21.3 Å². The summed E-state index contributed by atoms with van der Waals surface area (Å²) in [6.07, 6.45) is 1.70. The summed E-state index contributed by atoms with van der Waals surface area (Å²) >= 11 is 1.55. The lowest BCUT2D eigenvalue weighted by molar-refractivity contribution is 0.772. The minimum atomic E-state index is -0.114. The molecular formula is C22H19N3OS. The van der Waals surface area contributed by atoms with E-state index in [1.165, 1.54) is 10.2 Å². The van der Waals surface area contributed by atoms with Gasteiger partial charge < -0.3 is 0 Å². The van der Waals surface area contributed by atoms with Crippen LogP contribution >= 0.6 is 11.3 Å². The molecule has 4 aromatic rings. The molecule has 5 heteroatoms. The predicted molar refractivity (Wildman–Crippen MR) is 113 cm³/mol. The van der Waals surface area contributed by atoms with Crippen molar-refractivity contribution in [1.29, 1.82) is 0 Å². The highest BCUT2D eigenvalue weighted by molar-refractivity contribution is 7.18. The van der Waals surface area contributed by atoms with Crippen LogP contribution in [0.5, 0.6) is 0 Å². The van der Waals surface area contributed by atoms with Crippen LogP contribution in [0.2, 0.25) is 0 Å². The first-order chi connectivity index (χ1) is 13.0. The number of aryl methyl sites for hydroxylation is 3. The molecule has 0 radical (unpaired) electrons.